The maximum Gasteiger partial charge on any atom is 0.121 e. The molecule has 0 aliphatic carbocycles. The molecule has 2 rings (SSSR count). The van der Waals surface area contributed by atoms with Gasteiger partial charge in [-0.05, 0) is 61.2 Å². The van der Waals surface area contributed by atoms with Crippen LogP contribution in [-0.2, 0) is 0 Å². The number of hydrogen-bond donors (Lipinski definition) is 1. The molecule has 1 aromatic carbocycles. The highest BCUT2D eigenvalue weighted by Gasteiger charge is 2.01. The predicted octanol–water partition coefficient (Wildman–Crippen LogP) is 3.88. The minimum absolute atomic E-state index is 0.379. The summed E-state index contributed by atoms with van der Waals surface area (Å²) in [6, 6.07) is 7.98. The van der Waals surface area contributed by atoms with E-state index in [2.05, 4.69) is 4.98 Å². The van der Waals surface area contributed by atoms with E-state index in [0.717, 1.165) is 27.9 Å². The summed E-state index contributed by atoms with van der Waals surface area (Å²) in [6.07, 6.45) is 5.91. The number of nitrogens with zero attached hydrogens (tertiary/aromatic N) is 1. The average molecular weight is 239 g/mol. The van der Waals surface area contributed by atoms with Crippen molar-refractivity contribution in [3.8, 4) is 5.75 Å². The molecule has 1 heterocycles. The third kappa shape index (κ3) is 2.77. The van der Waals surface area contributed by atoms with E-state index in [9.17, 15) is 5.11 Å². The zero-order chi connectivity index (χ0) is 13.1. The molecule has 92 valence electrons. The van der Waals surface area contributed by atoms with E-state index in [1.54, 1.807) is 0 Å². The maximum absolute atomic E-state index is 9.71. The van der Waals surface area contributed by atoms with Crippen molar-refractivity contribution in [2.24, 2.45) is 0 Å². The molecule has 0 bridgehead atoms. The summed E-state index contributed by atoms with van der Waals surface area (Å²) in [5.41, 5.74) is 4.98. The first-order chi connectivity index (χ1) is 8.56. The van der Waals surface area contributed by atoms with Crippen LogP contribution in [0.5, 0.6) is 5.75 Å². The number of pyridine rings is 1. The van der Waals surface area contributed by atoms with Crippen molar-refractivity contribution in [2.75, 3.05) is 0 Å². The van der Waals surface area contributed by atoms with Gasteiger partial charge in [0.25, 0.3) is 0 Å². The number of aromatic hydroxyl groups is 1. The van der Waals surface area contributed by atoms with Crippen LogP contribution in [0.3, 0.4) is 0 Å². The van der Waals surface area contributed by atoms with Gasteiger partial charge in [0.05, 0.1) is 0 Å². The van der Waals surface area contributed by atoms with Crippen molar-refractivity contribution in [3.05, 3.63) is 58.4 Å². The summed E-state index contributed by atoms with van der Waals surface area (Å²) >= 11 is 0. The van der Waals surface area contributed by atoms with Crippen molar-refractivity contribution < 1.29 is 5.11 Å². The van der Waals surface area contributed by atoms with E-state index in [1.165, 1.54) is 0 Å². The minimum Gasteiger partial charge on any atom is -0.507 e. The molecule has 0 saturated heterocycles. The molecule has 18 heavy (non-hydrogen) atoms. The average Bonchev–Trinajstić information content (AvgIpc) is 2.35. The maximum atomic E-state index is 9.71. The standard InChI is InChI=1S/C16H17NO/c1-11-8-15(9-12(2)16(11)18)7-6-14-5-4-13(3)17-10-14/h4-10,18H,1-3H3/b7-6+. The third-order valence-corrected chi connectivity index (χ3v) is 2.92. The number of phenols is 1. The first-order valence-electron chi connectivity index (χ1n) is 5.97. The van der Waals surface area contributed by atoms with Crippen molar-refractivity contribution >= 4 is 12.2 Å². The summed E-state index contributed by atoms with van der Waals surface area (Å²) < 4.78 is 0. The van der Waals surface area contributed by atoms with Gasteiger partial charge in [-0.3, -0.25) is 4.98 Å². The number of phenolic OH excluding ortho intramolecular Hbond substituents is 1. The monoisotopic (exact) mass is 239 g/mol. The highest BCUT2D eigenvalue weighted by molar-refractivity contribution is 5.70. The molecular weight excluding hydrogens is 222 g/mol. The number of hydrogen-bond acceptors (Lipinski definition) is 2. The summed E-state index contributed by atoms with van der Waals surface area (Å²) in [6.45, 7) is 5.79. The van der Waals surface area contributed by atoms with Crippen LogP contribution >= 0.6 is 0 Å². The first kappa shape index (κ1) is 12.4. The van der Waals surface area contributed by atoms with E-state index in [0.29, 0.717) is 5.75 Å². The summed E-state index contributed by atoms with van der Waals surface area (Å²) in [4.78, 5) is 4.25. The largest absolute Gasteiger partial charge is 0.507 e. The van der Waals surface area contributed by atoms with Gasteiger partial charge >= 0.3 is 0 Å². The van der Waals surface area contributed by atoms with Gasteiger partial charge in [-0.15, -0.1) is 0 Å². The first-order valence-corrected chi connectivity index (χ1v) is 5.97. The second-order valence-corrected chi connectivity index (χ2v) is 4.57. The number of aryl methyl sites for hydroxylation is 3. The fraction of sp³-hybridized carbons (Fsp3) is 0.188. The summed E-state index contributed by atoms with van der Waals surface area (Å²) in [7, 11) is 0. The summed E-state index contributed by atoms with van der Waals surface area (Å²) in [5, 5.41) is 9.71. The smallest absolute Gasteiger partial charge is 0.121 e. The normalized spacial score (nSPS) is 11.1. The number of aromatic nitrogens is 1. The predicted molar refractivity (Wildman–Crippen MR) is 75.5 cm³/mol. The molecular formula is C16H17NO. The van der Waals surface area contributed by atoms with Gasteiger partial charge in [-0.1, -0.05) is 18.2 Å². The molecule has 2 nitrogen and oxygen atoms in total. The van der Waals surface area contributed by atoms with E-state index in [-0.39, 0.29) is 0 Å². The molecule has 0 saturated carbocycles. The quantitative estimate of drug-likeness (QED) is 0.862. The van der Waals surface area contributed by atoms with Gasteiger partial charge in [-0.25, -0.2) is 0 Å². The third-order valence-electron chi connectivity index (χ3n) is 2.92. The van der Waals surface area contributed by atoms with Gasteiger partial charge in [-0.2, -0.15) is 0 Å². The lowest BCUT2D eigenvalue weighted by molar-refractivity contribution is 0.467. The highest BCUT2D eigenvalue weighted by atomic mass is 16.3. The van der Waals surface area contributed by atoms with Crippen LogP contribution in [-0.4, -0.2) is 10.1 Å². The molecule has 0 spiro atoms. The van der Waals surface area contributed by atoms with Crippen LogP contribution in [0.1, 0.15) is 27.9 Å². The molecule has 0 radical (unpaired) electrons. The van der Waals surface area contributed by atoms with Gasteiger partial charge in [0.15, 0.2) is 0 Å². The Balaban J connectivity index is 2.26. The van der Waals surface area contributed by atoms with Crippen LogP contribution in [0.4, 0.5) is 0 Å². The fourth-order valence-electron chi connectivity index (χ4n) is 1.86. The molecule has 0 fully saturated rings. The zero-order valence-electron chi connectivity index (χ0n) is 10.9. The lowest BCUT2D eigenvalue weighted by Gasteiger charge is -2.04. The molecule has 0 unspecified atom stereocenters. The molecule has 2 heteroatoms. The Morgan fingerprint density at radius 1 is 0.944 bits per heavy atom. The topological polar surface area (TPSA) is 33.1 Å². The van der Waals surface area contributed by atoms with Crippen molar-refractivity contribution in [3.63, 3.8) is 0 Å². The Morgan fingerprint density at radius 2 is 1.56 bits per heavy atom. The van der Waals surface area contributed by atoms with Gasteiger partial charge in [0.2, 0.25) is 0 Å². The summed E-state index contributed by atoms with van der Waals surface area (Å²) in [5.74, 6) is 0.379. The molecule has 0 aliphatic heterocycles. The lowest BCUT2D eigenvalue weighted by Crippen LogP contribution is -1.83. The fourth-order valence-corrected chi connectivity index (χ4v) is 1.86. The Hall–Kier alpha value is -2.09. The van der Waals surface area contributed by atoms with Gasteiger partial charge in [0, 0.05) is 11.9 Å². The van der Waals surface area contributed by atoms with Gasteiger partial charge < -0.3 is 5.11 Å². The Kier molecular flexibility index (Phi) is 3.47. The van der Waals surface area contributed by atoms with Crippen LogP contribution in [0.25, 0.3) is 12.2 Å². The van der Waals surface area contributed by atoms with Crippen LogP contribution in [0, 0.1) is 20.8 Å². The van der Waals surface area contributed by atoms with Crippen molar-refractivity contribution in [1.29, 1.82) is 0 Å². The molecule has 0 atom stereocenters. The van der Waals surface area contributed by atoms with E-state index in [1.807, 2.05) is 63.4 Å². The molecule has 1 N–H and O–H groups in total. The Labute approximate surface area is 108 Å². The van der Waals surface area contributed by atoms with Gasteiger partial charge in [0.1, 0.15) is 5.75 Å². The second kappa shape index (κ2) is 5.05. The van der Waals surface area contributed by atoms with Crippen LogP contribution < -0.4 is 0 Å². The Morgan fingerprint density at radius 3 is 2.11 bits per heavy atom. The van der Waals surface area contributed by atoms with E-state index >= 15 is 0 Å². The van der Waals surface area contributed by atoms with Crippen molar-refractivity contribution in [2.45, 2.75) is 20.8 Å². The van der Waals surface area contributed by atoms with Crippen LogP contribution in [0.15, 0.2) is 30.5 Å². The second-order valence-electron chi connectivity index (χ2n) is 4.57. The minimum atomic E-state index is 0.379. The molecule has 0 aliphatic rings. The highest BCUT2D eigenvalue weighted by Crippen LogP contribution is 2.23. The van der Waals surface area contributed by atoms with Crippen LogP contribution in [0.2, 0.25) is 0 Å². The van der Waals surface area contributed by atoms with E-state index in [4.69, 9.17) is 0 Å². The molecule has 0 amide bonds. The van der Waals surface area contributed by atoms with E-state index < -0.39 is 0 Å². The lowest BCUT2D eigenvalue weighted by atomic mass is 10.0. The zero-order valence-corrected chi connectivity index (χ0v) is 10.9. The van der Waals surface area contributed by atoms with Crippen molar-refractivity contribution in [1.82, 2.24) is 4.98 Å². The number of rotatable bonds is 2. The SMILES string of the molecule is Cc1ccc(/C=C/c2cc(C)c(O)c(C)c2)cn1. The molecule has 2 aromatic rings. The Bertz CT molecular complexity index is 560. The molecule has 1 aromatic heterocycles. The number of benzene rings is 1.